The Bertz CT molecular complexity index is 1360. The molecule has 1 aliphatic carbocycles. The van der Waals surface area contributed by atoms with Crippen LogP contribution in [-0.2, 0) is 15.9 Å². The topological polar surface area (TPSA) is 111 Å². The van der Waals surface area contributed by atoms with Crippen molar-refractivity contribution < 1.29 is 32.9 Å². The minimum absolute atomic E-state index is 0.130. The van der Waals surface area contributed by atoms with Crippen LogP contribution in [0.3, 0.4) is 0 Å². The first-order chi connectivity index (χ1) is 17.6. The molecule has 4 rings (SSSR count). The van der Waals surface area contributed by atoms with Gasteiger partial charge in [-0.2, -0.15) is 18.3 Å². The lowest BCUT2D eigenvalue weighted by Gasteiger charge is -2.29. The van der Waals surface area contributed by atoms with Crippen molar-refractivity contribution in [2.75, 3.05) is 6.61 Å². The molecule has 0 fully saturated rings. The van der Waals surface area contributed by atoms with Crippen molar-refractivity contribution in [3.8, 4) is 28.0 Å². The fourth-order valence-electron chi connectivity index (χ4n) is 4.84. The van der Waals surface area contributed by atoms with Gasteiger partial charge in [-0.3, -0.25) is 9.48 Å². The highest BCUT2D eigenvalue weighted by atomic mass is 19.4. The molecule has 10 heteroatoms. The lowest BCUT2D eigenvalue weighted by atomic mass is 9.89. The Morgan fingerprint density at radius 2 is 1.82 bits per heavy atom. The quantitative estimate of drug-likeness (QED) is 0.341. The van der Waals surface area contributed by atoms with Gasteiger partial charge in [-0.1, -0.05) is 31.2 Å². The molecule has 38 heavy (non-hydrogen) atoms. The standard InChI is InChI=1S/C28H32F3N3O4/c1-5-26(4,24(32)35)34-16-17(15-33-34)20-13-18(38-12-8-11-25(2,3)36)14-22-23(20)19-9-6-7-10-21(19)27(22,37)28(29,30)31/h6-7,9-10,13-16,36-37H,5,8,11-12H2,1-4H3,(H2,32,35)/t26?,27-/m1/s1. The Labute approximate surface area is 219 Å². The average molecular weight is 532 g/mol. The van der Waals surface area contributed by atoms with E-state index in [4.69, 9.17) is 10.5 Å². The molecule has 204 valence electrons. The minimum Gasteiger partial charge on any atom is -0.494 e. The van der Waals surface area contributed by atoms with Crippen LogP contribution in [0, 0.1) is 0 Å². The van der Waals surface area contributed by atoms with Gasteiger partial charge in [-0.05, 0) is 68.9 Å². The third kappa shape index (κ3) is 4.56. The predicted molar refractivity (Wildman–Crippen MR) is 136 cm³/mol. The van der Waals surface area contributed by atoms with E-state index in [1.165, 1.54) is 35.1 Å². The third-order valence-corrected chi connectivity index (χ3v) is 7.32. The molecule has 1 aromatic heterocycles. The number of primary amides is 1. The van der Waals surface area contributed by atoms with Gasteiger partial charge < -0.3 is 20.7 Å². The molecule has 1 aliphatic rings. The van der Waals surface area contributed by atoms with Crippen LogP contribution in [0.1, 0.15) is 58.1 Å². The van der Waals surface area contributed by atoms with Gasteiger partial charge in [0.05, 0.1) is 18.4 Å². The number of halogens is 3. The monoisotopic (exact) mass is 531 g/mol. The second-order valence-corrected chi connectivity index (χ2v) is 10.6. The highest BCUT2D eigenvalue weighted by Gasteiger charge is 2.61. The number of hydrogen-bond acceptors (Lipinski definition) is 5. The maximum Gasteiger partial charge on any atom is 0.425 e. The smallest absolute Gasteiger partial charge is 0.425 e. The van der Waals surface area contributed by atoms with Crippen LogP contribution in [0.2, 0.25) is 0 Å². The van der Waals surface area contributed by atoms with Gasteiger partial charge >= 0.3 is 6.18 Å². The first-order valence-electron chi connectivity index (χ1n) is 12.4. The number of aromatic nitrogens is 2. The number of ether oxygens (including phenoxy) is 1. The molecular weight excluding hydrogens is 499 g/mol. The molecule has 0 aliphatic heterocycles. The molecule has 1 heterocycles. The van der Waals surface area contributed by atoms with Crippen LogP contribution in [0.25, 0.3) is 22.3 Å². The van der Waals surface area contributed by atoms with E-state index in [9.17, 15) is 28.2 Å². The van der Waals surface area contributed by atoms with Gasteiger partial charge in [0.1, 0.15) is 11.3 Å². The molecule has 7 nitrogen and oxygen atoms in total. The number of alkyl halides is 3. The number of carbonyl (C=O) groups is 1. The molecule has 0 saturated heterocycles. The van der Waals surface area contributed by atoms with Crippen molar-refractivity contribution in [2.45, 2.75) is 69.9 Å². The molecule has 0 saturated carbocycles. The highest BCUT2D eigenvalue weighted by molar-refractivity contribution is 5.93. The Kier molecular flexibility index (Phi) is 6.86. The number of rotatable bonds is 9. The summed E-state index contributed by atoms with van der Waals surface area (Å²) in [5, 5.41) is 25.5. The van der Waals surface area contributed by atoms with Crippen molar-refractivity contribution >= 4 is 5.91 Å². The summed E-state index contributed by atoms with van der Waals surface area (Å²) in [6.45, 7) is 6.89. The maximum atomic E-state index is 14.5. The largest absolute Gasteiger partial charge is 0.494 e. The summed E-state index contributed by atoms with van der Waals surface area (Å²) in [6, 6.07) is 8.69. The second kappa shape index (κ2) is 9.43. The normalized spacial score (nSPS) is 18.6. The molecule has 3 aromatic rings. The zero-order chi connectivity index (χ0) is 28.1. The van der Waals surface area contributed by atoms with E-state index >= 15 is 0 Å². The minimum atomic E-state index is -5.01. The van der Waals surface area contributed by atoms with Gasteiger partial charge in [0.15, 0.2) is 0 Å². The summed E-state index contributed by atoms with van der Waals surface area (Å²) in [5.74, 6) is -0.466. The SMILES string of the molecule is CCC(C)(C(N)=O)n1cc(-c2cc(OCCCC(C)(C)O)cc3c2-c2ccccc2[C@]3(O)C(F)(F)F)cn1. The lowest BCUT2D eigenvalue weighted by Crippen LogP contribution is -2.43. The average Bonchev–Trinajstić information content (AvgIpc) is 3.43. The van der Waals surface area contributed by atoms with Gasteiger partial charge in [0.25, 0.3) is 0 Å². The van der Waals surface area contributed by atoms with E-state index < -0.39 is 28.8 Å². The van der Waals surface area contributed by atoms with Crippen LogP contribution in [0.15, 0.2) is 48.8 Å². The molecule has 1 unspecified atom stereocenters. The number of nitrogens with zero attached hydrogens (tertiary/aromatic N) is 2. The van der Waals surface area contributed by atoms with Gasteiger partial charge in [0.2, 0.25) is 11.5 Å². The van der Waals surface area contributed by atoms with Crippen molar-refractivity contribution in [1.29, 1.82) is 0 Å². The zero-order valence-corrected chi connectivity index (χ0v) is 21.8. The number of amides is 1. The third-order valence-electron chi connectivity index (χ3n) is 7.32. The maximum absolute atomic E-state index is 14.5. The number of benzene rings is 2. The Hall–Kier alpha value is -3.37. The first-order valence-corrected chi connectivity index (χ1v) is 12.4. The number of nitrogens with two attached hydrogens (primary N) is 1. The summed E-state index contributed by atoms with van der Waals surface area (Å²) in [4.78, 5) is 12.2. The van der Waals surface area contributed by atoms with Crippen molar-refractivity contribution in [3.05, 3.63) is 59.9 Å². The van der Waals surface area contributed by atoms with E-state index in [0.29, 0.717) is 30.4 Å². The Balaban J connectivity index is 1.90. The van der Waals surface area contributed by atoms with Gasteiger partial charge in [0, 0.05) is 22.9 Å². The summed E-state index contributed by atoms with van der Waals surface area (Å²) in [5.41, 5.74) is 0.956. The Morgan fingerprint density at radius 1 is 1.13 bits per heavy atom. The summed E-state index contributed by atoms with van der Waals surface area (Å²) in [6.07, 6.45) is -0.748. The number of fused-ring (bicyclic) bond motifs is 3. The number of hydrogen-bond donors (Lipinski definition) is 3. The van der Waals surface area contributed by atoms with Crippen LogP contribution in [-0.4, -0.2) is 44.3 Å². The number of carbonyl (C=O) groups excluding carboxylic acids is 1. The molecule has 0 radical (unpaired) electrons. The fraction of sp³-hybridized carbons (Fsp3) is 0.429. The first kappa shape index (κ1) is 27.7. The van der Waals surface area contributed by atoms with Crippen molar-refractivity contribution in [3.63, 3.8) is 0 Å². The molecule has 1 amide bonds. The number of aliphatic hydroxyl groups is 2. The molecule has 2 aromatic carbocycles. The highest BCUT2D eigenvalue weighted by Crippen LogP contribution is 2.58. The summed E-state index contributed by atoms with van der Waals surface area (Å²) >= 11 is 0. The lowest BCUT2D eigenvalue weighted by molar-refractivity contribution is -0.246. The van der Waals surface area contributed by atoms with Gasteiger partial charge in [-0.15, -0.1) is 0 Å². The van der Waals surface area contributed by atoms with E-state index in [0.717, 1.165) is 0 Å². The zero-order valence-electron chi connectivity index (χ0n) is 21.8. The summed E-state index contributed by atoms with van der Waals surface area (Å²) < 4.78 is 50.8. The fourth-order valence-corrected chi connectivity index (χ4v) is 4.84. The molecule has 4 N–H and O–H groups in total. The van der Waals surface area contributed by atoms with Crippen LogP contribution < -0.4 is 10.5 Å². The predicted octanol–water partition coefficient (Wildman–Crippen LogP) is 4.87. The second-order valence-electron chi connectivity index (χ2n) is 10.6. The van der Waals surface area contributed by atoms with Crippen LogP contribution in [0.4, 0.5) is 13.2 Å². The summed E-state index contributed by atoms with van der Waals surface area (Å²) in [7, 11) is 0. The molecule has 0 bridgehead atoms. The van der Waals surface area contributed by atoms with Crippen LogP contribution in [0.5, 0.6) is 5.75 Å². The van der Waals surface area contributed by atoms with E-state index in [1.54, 1.807) is 46.0 Å². The van der Waals surface area contributed by atoms with E-state index in [1.807, 2.05) is 0 Å². The molecule has 0 spiro atoms. The molecular formula is C28H32F3N3O4. The van der Waals surface area contributed by atoms with Crippen molar-refractivity contribution in [2.24, 2.45) is 5.73 Å². The van der Waals surface area contributed by atoms with Gasteiger partial charge in [-0.25, -0.2) is 0 Å². The van der Waals surface area contributed by atoms with Crippen molar-refractivity contribution in [1.82, 2.24) is 9.78 Å². The molecule has 2 atom stereocenters. The van der Waals surface area contributed by atoms with E-state index in [-0.39, 0.29) is 34.6 Å². The van der Waals surface area contributed by atoms with E-state index in [2.05, 4.69) is 5.10 Å². The Morgan fingerprint density at radius 3 is 2.42 bits per heavy atom. The van der Waals surface area contributed by atoms with Crippen LogP contribution >= 0.6 is 0 Å².